The Hall–Kier alpha value is -1.57. The first-order chi connectivity index (χ1) is 8.37. The zero-order valence-electron chi connectivity index (χ0n) is 11.6. The van der Waals surface area contributed by atoms with E-state index in [4.69, 9.17) is 4.74 Å². The van der Waals surface area contributed by atoms with Crippen molar-refractivity contribution in [2.75, 3.05) is 0 Å². The topological polar surface area (TPSA) is 26.3 Å². The highest BCUT2D eigenvalue weighted by molar-refractivity contribution is 5.82. The Labute approximate surface area is 110 Å². The molecule has 0 aliphatic heterocycles. The van der Waals surface area contributed by atoms with Crippen molar-refractivity contribution < 1.29 is 9.53 Å². The molecule has 0 amide bonds. The summed E-state index contributed by atoms with van der Waals surface area (Å²) in [7, 11) is 0. The first-order valence-electron chi connectivity index (χ1n) is 6.32. The smallest absolute Gasteiger partial charge is 0.330 e. The van der Waals surface area contributed by atoms with Crippen LogP contribution < -0.4 is 0 Å². The van der Waals surface area contributed by atoms with Gasteiger partial charge in [0.15, 0.2) is 0 Å². The summed E-state index contributed by atoms with van der Waals surface area (Å²) in [4.78, 5) is 11.5. The van der Waals surface area contributed by atoms with Gasteiger partial charge < -0.3 is 4.74 Å². The van der Waals surface area contributed by atoms with Gasteiger partial charge in [-0.3, -0.25) is 0 Å². The molecule has 0 saturated carbocycles. The predicted octanol–water partition coefficient (Wildman–Crippen LogP) is 3.76. The van der Waals surface area contributed by atoms with Gasteiger partial charge in [-0.15, -0.1) is 0 Å². The summed E-state index contributed by atoms with van der Waals surface area (Å²) >= 11 is 0. The molecule has 0 radical (unpaired) electrons. The van der Waals surface area contributed by atoms with Crippen molar-refractivity contribution in [2.45, 2.75) is 39.7 Å². The molecule has 0 heterocycles. The van der Waals surface area contributed by atoms with Crippen molar-refractivity contribution in [3.8, 4) is 0 Å². The molecule has 2 nitrogen and oxygen atoms in total. The Morgan fingerprint density at radius 2 is 1.89 bits per heavy atom. The second-order valence-electron chi connectivity index (χ2n) is 5.56. The van der Waals surface area contributed by atoms with Crippen LogP contribution in [0.5, 0.6) is 0 Å². The summed E-state index contributed by atoms with van der Waals surface area (Å²) in [5, 5.41) is 0. The van der Waals surface area contributed by atoms with Gasteiger partial charge in [-0.25, -0.2) is 4.79 Å². The number of rotatable bonds is 4. The second kappa shape index (κ2) is 6.39. The van der Waals surface area contributed by atoms with Gasteiger partial charge in [0.1, 0.15) is 5.60 Å². The van der Waals surface area contributed by atoms with Crippen LogP contribution in [0.3, 0.4) is 0 Å². The normalized spacial score (nSPS) is 13.6. The van der Waals surface area contributed by atoms with E-state index < -0.39 is 5.60 Å². The molecule has 1 aromatic rings. The van der Waals surface area contributed by atoms with Crippen molar-refractivity contribution in [1.82, 2.24) is 0 Å². The van der Waals surface area contributed by atoms with Gasteiger partial charge in [-0.1, -0.05) is 43.3 Å². The molecule has 18 heavy (non-hydrogen) atoms. The van der Waals surface area contributed by atoms with Crippen molar-refractivity contribution in [3.63, 3.8) is 0 Å². The lowest BCUT2D eigenvalue weighted by molar-refractivity contribution is -0.148. The van der Waals surface area contributed by atoms with Gasteiger partial charge >= 0.3 is 5.97 Å². The lowest BCUT2D eigenvalue weighted by Crippen LogP contribution is -2.22. The van der Waals surface area contributed by atoms with Gasteiger partial charge in [-0.05, 0) is 38.7 Å². The minimum atomic E-state index is -0.426. The van der Waals surface area contributed by atoms with Crippen LogP contribution in [0.15, 0.2) is 42.5 Å². The van der Waals surface area contributed by atoms with Crippen molar-refractivity contribution in [2.24, 2.45) is 5.92 Å². The Kier molecular flexibility index (Phi) is 5.14. The highest BCUT2D eigenvalue weighted by Crippen LogP contribution is 2.11. The van der Waals surface area contributed by atoms with Crippen molar-refractivity contribution in [1.29, 1.82) is 0 Å². The van der Waals surface area contributed by atoms with Gasteiger partial charge in [0.2, 0.25) is 0 Å². The zero-order valence-corrected chi connectivity index (χ0v) is 11.6. The highest BCUT2D eigenvalue weighted by atomic mass is 16.6. The fourth-order valence-corrected chi connectivity index (χ4v) is 1.63. The summed E-state index contributed by atoms with van der Waals surface area (Å²) in [5.41, 5.74) is 0.850. The third-order valence-corrected chi connectivity index (χ3v) is 2.37. The zero-order chi connectivity index (χ0) is 13.6. The number of ether oxygens (including phenoxy) is 1. The van der Waals surface area contributed by atoms with Crippen molar-refractivity contribution >= 4 is 5.97 Å². The lowest BCUT2D eigenvalue weighted by Gasteiger charge is -2.18. The molecule has 1 rings (SSSR count). The maximum absolute atomic E-state index is 11.5. The van der Waals surface area contributed by atoms with Gasteiger partial charge in [0, 0.05) is 6.08 Å². The molecule has 0 aliphatic rings. The van der Waals surface area contributed by atoms with Crippen LogP contribution in [0.2, 0.25) is 0 Å². The first kappa shape index (κ1) is 14.5. The lowest BCUT2D eigenvalue weighted by atomic mass is 10.0. The Morgan fingerprint density at radius 3 is 2.44 bits per heavy atom. The van der Waals surface area contributed by atoms with Crippen LogP contribution in [0.1, 0.15) is 33.3 Å². The molecule has 0 N–H and O–H groups in total. The van der Waals surface area contributed by atoms with Crippen LogP contribution in [-0.4, -0.2) is 11.6 Å². The molecule has 0 saturated heterocycles. The van der Waals surface area contributed by atoms with Crippen LogP contribution >= 0.6 is 0 Å². The fraction of sp³-hybridized carbons (Fsp3) is 0.438. The van der Waals surface area contributed by atoms with E-state index in [1.165, 1.54) is 11.6 Å². The van der Waals surface area contributed by atoms with E-state index in [0.717, 1.165) is 6.42 Å². The quantitative estimate of drug-likeness (QED) is 0.597. The van der Waals surface area contributed by atoms with Gasteiger partial charge in [0.25, 0.3) is 0 Å². The number of allylic oxidation sites excluding steroid dienone is 1. The molecule has 0 aliphatic carbocycles. The average Bonchev–Trinajstić information content (AvgIpc) is 2.25. The monoisotopic (exact) mass is 246 g/mol. The van der Waals surface area contributed by atoms with E-state index in [2.05, 4.69) is 19.1 Å². The molecule has 0 bridgehead atoms. The molecule has 0 unspecified atom stereocenters. The summed E-state index contributed by atoms with van der Waals surface area (Å²) in [6.07, 6.45) is 4.36. The number of hydrogen-bond donors (Lipinski definition) is 0. The third-order valence-electron chi connectivity index (χ3n) is 2.37. The number of carbonyl (C=O) groups is 1. The minimum absolute atomic E-state index is 0.276. The van der Waals surface area contributed by atoms with E-state index in [1.54, 1.807) is 0 Å². The fourth-order valence-electron chi connectivity index (χ4n) is 1.63. The maximum Gasteiger partial charge on any atom is 0.330 e. The van der Waals surface area contributed by atoms with Gasteiger partial charge in [-0.2, -0.15) is 0 Å². The van der Waals surface area contributed by atoms with E-state index in [9.17, 15) is 4.79 Å². The van der Waals surface area contributed by atoms with Crippen LogP contribution in [0.25, 0.3) is 0 Å². The van der Waals surface area contributed by atoms with Crippen LogP contribution in [0, 0.1) is 5.92 Å². The predicted molar refractivity (Wildman–Crippen MR) is 74.3 cm³/mol. The first-order valence-corrected chi connectivity index (χ1v) is 6.32. The molecular formula is C16H22O2. The molecule has 98 valence electrons. The van der Waals surface area contributed by atoms with Crippen molar-refractivity contribution in [3.05, 3.63) is 48.0 Å². The summed E-state index contributed by atoms with van der Waals surface area (Å²) in [6, 6.07) is 10.2. The second-order valence-corrected chi connectivity index (χ2v) is 5.56. The Balaban J connectivity index is 2.45. The number of hydrogen-bond acceptors (Lipinski definition) is 2. The minimum Gasteiger partial charge on any atom is -0.457 e. The standard InChI is InChI=1S/C16H22O2/c1-13(12-14-8-6-5-7-9-14)10-11-15(17)18-16(2,3)4/h5-11,13H,12H2,1-4H3/b11-10+/t13-/m0/s1. The van der Waals surface area contributed by atoms with Crippen LogP contribution in [-0.2, 0) is 16.0 Å². The molecular weight excluding hydrogens is 224 g/mol. The Bertz CT molecular complexity index is 399. The highest BCUT2D eigenvalue weighted by Gasteiger charge is 2.14. The molecule has 0 spiro atoms. The molecule has 1 aromatic carbocycles. The van der Waals surface area contributed by atoms with Gasteiger partial charge in [0.05, 0.1) is 0 Å². The number of carbonyl (C=O) groups excluding carboxylic acids is 1. The van der Waals surface area contributed by atoms with E-state index in [-0.39, 0.29) is 5.97 Å². The molecule has 0 aromatic heterocycles. The van der Waals surface area contributed by atoms with E-state index in [0.29, 0.717) is 5.92 Å². The third kappa shape index (κ3) is 6.24. The molecule has 1 atom stereocenters. The SMILES string of the molecule is C[C@@H](/C=C/C(=O)OC(C)(C)C)Cc1ccccc1. The Morgan fingerprint density at radius 1 is 1.28 bits per heavy atom. The molecule has 2 heteroatoms. The van der Waals surface area contributed by atoms with Crippen LogP contribution in [0.4, 0.5) is 0 Å². The largest absolute Gasteiger partial charge is 0.457 e. The van der Waals surface area contributed by atoms with E-state index >= 15 is 0 Å². The average molecular weight is 246 g/mol. The maximum atomic E-state index is 11.5. The van der Waals surface area contributed by atoms with E-state index in [1.807, 2.05) is 45.0 Å². The summed E-state index contributed by atoms with van der Waals surface area (Å²) in [5.74, 6) is 0.0438. The summed E-state index contributed by atoms with van der Waals surface area (Å²) < 4.78 is 5.21. The number of benzene rings is 1. The summed E-state index contributed by atoms with van der Waals surface area (Å²) in [6.45, 7) is 7.69. The molecule has 0 fully saturated rings. The number of esters is 1.